The molecular weight excluding hydrogens is 637 g/mol. The highest BCUT2D eigenvalue weighted by atomic mass is 28.4. The number of anilines is 1. The molecule has 1 N–H and O–H groups in total. The normalized spacial score (nSPS) is 19.8. The number of ether oxygens (including phenoxy) is 2. The highest BCUT2D eigenvalue weighted by Gasteiger charge is 2.62. The number of alkyl halides is 2. The topological polar surface area (TPSA) is 83.8 Å². The van der Waals surface area contributed by atoms with Gasteiger partial charge in [-0.25, -0.2) is 4.79 Å². The summed E-state index contributed by atoms with van der Waals surface area (Å²) in [6.07, 6.45) is -3.24. The number of hydrogen-bond acceptors (Lipinski definition) is 7. The van der Waals surface area contributed by atoms with Crippen LogP contribution in [0.15, 0.2) is 102 Å². The first-order chi connectivity index (χ1) is 22.1. The van der Waals surface area contributed by atoms with Crippen molar-refractivity contribution in [3.8, 4) is 5.75 Å². The van der Waals surface area contributed by atoms with Crippen LogP contribution in [0, 0.1) is 0 Å². The van der Waals surface area contributed by atoms with Crippen molar-refractivity contribution in [2.45, 2.75) is 69.2 Å². The monoisotopic (exact) mass is 679 g/mol. The molecule has 8 nitrogen and oxygen atoms in total. The predicted molar refractivity (Wildman–Crippen MR) is 184 cm³/mol. The number of nitrogens with one attached hydrogen (secondary N) is 1. The van der Waals surface area contributed by atoms with E-state index in [9.17, 15) is 4.79 Å². The lowest BCUT2D eigenvalue weighted by Crippen LogP contribution is -2.49. The Morgan fingerprint density at radius 1 is 0.851 bits per heavy atom. The van der Waals surface area contributed by atoms with Gasteiger partial charge in [0.25, 0.3) is 0 Å². The molecule has 0 radical (unpaired) electrons. The van der Waals surface area contributed by atoms with Gasteiger partial charge in [0.15, 0.2) is 16.6 Å². The van der Waals surface area contributed by atoms with Gasteiger partial charge in [0.1, 0.15) is 29.3 Å². The molecule has 0 aliphatic carbocycles. The van der Waals surface area contributed by atoms with Crippen LogP contribution in [0.2, 0.25) is 39.3 Å². The van der Waals surface area contributed by atoms with Crippen molar-refractivity contribution in [3.05, 3.63) is 124 Å². The molecule has 0 bridgehead atoms. The Bertz CT molecular complexity index is 1660. The van der Waals surface area contributed by atoms with Gasteiger partial charge >= 0.3 is 11.6 Å². The zero-order chi connectivity index (χ0) is 34.0. The Kier molecular flexibility index (Phi) is 9.90. The minimum Gasteiger partial charge on any atom is -0.497 e. The maximum atomic E-state index is 16.2. The minimum absolute atomic E-state index is 0.0582. The molecule has 4 aromatic rings. The average Bonchev–Trinajstić information content (AvgIpc) is 3.27. The lowest BCUT2D eigenvalue weighted by atomic mass is 9.77. The third-order valence-electron chi connectivity index (χ3n) is 7.85. The molecule has 0 unspecified atom stereocenters. The summed E-state index contributed by atoms with van der Waals surface area (Å²) in [5, 5.41) is 3.52. The van der Waals surface area contributed by atoms with E-state index in [-0.39, 0.29) is 12.4 Å². The van der Waals surface area contributed by atoms with Crippen LogP contribution in [0.4, 0.5) is 14.6 Å². The van der Waals surface area contributed by atoms with E-state index < -0.39 is 52.2 Å². The number of benzene rings is 3. The highest BCUT2D eigenvalue weighted by molar-refractivity contribution is 6.70. The Balaban J connectivity index is 1.56. The number of halogens is 2. The number of nitrogens with zero attached hydrogens (tertiary/aromatic N) is 2. The van der Waals surface area contributed by atoms with Crippen LogP contribution >= 0.6 is 0 Å². The molecule has 1 aliphatic heterocycles. The molecule has 12 heteroatoms. The van der Waals surface area contributed by atoms with Crippen molar-refractivity contribution in [2.75, 3.05) is 19.0 Å². The van der Waals surface area contributed by atoms with Crippen LogP contribution < -0.4 is 15.7 Å². The summed E-state index contributed by atoms with van der Waals surface area (Å²) in [5.74, 6) is -2.63. The van der Waals surface area contributed by atoms with E-state index in [1.54, 1.807) is 7.11 Å². The van der Waals surface area contributed by atoms with Gasteiger partial charge in [-0.15, -0.1) is 0 Å². The zero-order valence-electron chi connectivity index (χ0n) is 27.9. The molecule has 250 valence electrons. The van der Waals surface area contributed by atoms with Crippen LogP contribution in [-0.2, 0) is 19.1 Å². The molecular formula is C35H43F2N3O5Si2. The van der Waals surface area contributed by atoms with Gasteiger partial charge < -0.3 is 23.6 Å². The lowest BCUT2D eigenvalue weighted by molar-refractivity contribution is -0.137. The van der Waals surface area contributed by atoms with Crippen LogP contribution in [-0.4, -0.2) is 58.0 Å². The lowest BCUT2D eigenvalue weighted by Gasteiger charge is -2.37. The molecule has 0 saturated carbocycles. The van der Waals surface area contributed by atoms with Gasteiger partial charge in [0.05, 0.1) is 13.7 Å². The van der Waals surface area contributed by atoms with Crippen LogP contribution in [0.25, 0.3) is 0 Å². The van der Waals surface area contributed by atoms with Crippen molar-refractivity contribution < 1.29 is 27.1 Å². The van der Waals surface area contributed by atoms with E-state index in [2.05, 4.69) is 10.3 Å². The van der Waals surface area contributed by atoms with Gasteiger partial charge in [-0.05, 0) is 74.2 Å². The summed E-state index contributed by atoms with van der Waals surface area (Å²) in [6, 6.07) is 28.7. The fraction of sp³-hybridized carbons (Fsp3) is 0.371. The number of methoxy groups -OCH3 is 1. The summed E-state index contributed by atoms with van der Waals surface area (Å²) >= 11 is 0. The largest absolute Gasteiger partial charge is 0.497 e. The van der Waals surface area contributed by atoms with Gasteiger partial charge in [-0.3, -0.25) is 4.57 Å². The Morgan fingerprint density at radius 2 is 1.40 bits per heavy atom. The first kappa shape index (κ1) is 34.6. The third-order valence-corrected chi connectivity index (χ3v) is 9.84. The van der Waals surface area contributed by atoms with Gasteiger partial charge in [0, 0.05) is 6.20 Å². The summed E-state index contributed by atoms with van der Waals surface area (Å²) in [4.78, 5) is 17.9. The van der Waals surface area contributed by atoms with E-state index >= 15 is 8.78 Å². The molecule has 1 aliphatic rings. The second-order valence-electron chi connectivity index (χ2n) is 13.6. The van der Waals surface area contributed by atoms with Crippen molar-refractivity contribution >= 4 is 22.5 Å². The molecule has 1 aromatic heterocycles. The SMILES string of the molecule is COc1ccc(C(Nc2ccn([C@@H]3O[C@H](CO[Si](C)(C)C)[C@@H](O[Si](C)(C)C)C3(F)F)c(=O)n2)(c2ccccc2)c2ccccc2)cc1. The van der Waals surface area contributed by atoms with E-state index in [1.165, 1.54) is 12.3 Å². The van der Waals surface area contributed by atoms with Gasteiger partial charge in [-0.1, -0.05) is 72.8 Å². The van der Waals surface area contributed by atoms with E-state index in [0.717, 1.165) is 21.3 Å². The second kappa shape index (κ2) is 13.4. The minimum atomic E-state index is -3.52. The molecule has 1 fully saturated rings. The Morgan fingerprint density at radius 3 is 1.89 bits per heavy atom. The zero-order valence-corrected chi connectivity index (χ0v) is 29.9. The summed E-state index contributed by atoms with van der Waals surface area (Å²) in [7, 11) is -2.89. The first-order valence-electron chi connectivity index (χ1n) is 15.6. The fourth-order valence-electron chi connectivity index (χ4n) is 5.75. The maximum Gasteiger partial charge on any atom is 0.351 e. The average molecular weight is 680 g/mol. The van der Waals surface area contributed by atoms with E-state index in [0.29, 0.717) is 5.75 Å². The molecule has 0 spiro atoms. The van der Waals surface area contributed by atoms with E-state index in [4.69, 9.17) is 18.3 Å². The molecule has 1 saturated heterocycles. The van der Waals surface area contributed by atoms with Crippen molar-refractivity contribution in [3.63, 3.8) is 0 Å². The second-order valence-corrected chi connectivity index (χ2v) is 22.6. The van der Waals surface area contributed by atoms with Crippen molar-refractivity contribution in [1.29, 1.82) is 0 Å². The van der Waals surface area contributed by atoms with Crippen LogP contribution in [0.3, 0.4) is 0 Å². The predicted octanol–water partition coefficient (Wildman–Crippen LogP) is 7.26. The molecule has 3 atom stereocenters. The Hall–Kier alpha value is -3.69. The maximum absolute atomic E-state index is 16.2. The molecule has 0 amide bonds. The first-order valence-corrected chi connectivity index (χ1v) is 22.4. The molecule has 47 heavy (non-hydrogen) atoms. The van der Waals surface area contributed by atoms with E-state index in [1.807, 2.05) is 124 Å². The fourth-order valence-corrected chi connectivity index (χ4v) is 7.48. The highest BCUT2D eigenvalue weighted by Crippen LogP contribution is 2.45. The third kappa shape index (κ3) is 7.57. The summed E-state index contributed by atoms with van der Waals surface area (Å²) in [5.41, 5.74) is 0.713. The summed E-state index contributed by atoms with van der Waals surface area (Å²) < 4.78 is 56.4. The number of aromatic nitrogens is 2. The van der Waals surface area contributed by atoms with Crippen molar-refractivity contribution in [1.82, 2.24) is 9.55 Å². The smallest absolute Gasteiger partial charge is 0.351 e. The van der Waals surface area contributed by atoms with Crippen molar-refractivity contribution in [2.24, 2.45) is 0 Å². The van der Waals surface area contributed by atoms with Gasteiger partial charge in [-0.2, -0.15) is 13.8 Å². The molecule has 5 rings (SSSR count). The Labute approximate surface area is 276 Å². The van der Waals surface area contributed by atoms with Gasteiger partial charge in [0.2, 0.25) is 6.23 Å². The molecule has 3 aromatic carbocycles. The molecule has 2 heterocycles. The quantitative estimate of drug-likeness (QED) is 0.125. The van der Waals surface area contributed by atoms with Crippen LogP contribution in [0.5, 0.6) is 5.75 Å². The number of hydrogen-bond donors (Lipinski definition) is 1. The van der Waals surface area contributed by atoms with Crippen LogP contribution in [0.1, 0.15) is 22.9 Å². The summed E-state index contributed by atoms with van der Waals surface area (Å²) in [6.45, 7) is 11.4. The standard InChI is InChI=1S/C35H43F2N3O5Si2/c1-42-28-20-18-27(19-21-28)34(25-14-10-8-11-15-25,26-16-12-9-13-17-26)39-30-22-23-40(33(41)38-30)32-35(36,37)31(45-47(5,6)7)29(44-32)24-43-46(2,3)4/h8-23,29,31-32H,24H2,1-7H3,(H,38,39,41)/t29-,31-,32-/m1/s1. The number of rotatable bonds is 12.